The smallest absolute Gasteiger partial charge is 0.243 e. The van der Waals surface area contributed by atoms with E-state index in [-0.39, 0.29) is 24.1 Å². The van der Waals surface area contributed by atoms with Gasteiger partial charge in [-0.05, 0) is 19.3 Å². The lowest BCUT2D eigenvalue weighted by molar-refractivity contribution is -0.133. The summed E-state index contributed by atoms with van der Waals surface area (Å²) in [6.45, 7) is 0. The number of carbonyl (C=O) groups excluding carboxylic acids is 2. The number of amides is 2. The maximum Gasteiger partial charge on any atom is 0.243 e. The Kier molecular flexibility index (Phi) is 5.27. The zero-order valence-corrected chi connectivity index (χ0v) is 9.79. The van der Waals surface area contributed by atoms with E-state index in [1.54, 1.807) is 0 Å². The molecule has 1 N–H and O–H groups in total. The summed E-state index contributed by atoms with van der Waals surface area (Å²) in [6.07, 6.45) is 4.03. The molecule has 0 unspecified atom stereocenters. The fourth-order valence-electron chi connectivity index (χ4n) is 1.86. The molecule has 0 aromatic heterocycles. The van der Waals surface area contributed by atoms with Gasteiger partial charge in [0.2, 0.25) is 11.8 Å². The van der Waals surface area contributed by atoms with E-state index in [0.717, 1.165) is 25.7 Å². The number of hydrogen-bond acceptors (Lipinski definition) is 3. The minimum Gasteiger partial charge on any atom is -0.295 e. The Morgan fingerprint density at radius 3 is 2.56 bits per heavy atom. The van der Waals surface area contributed by atoms with Crippen LogP contribution >= 0.6 is 11.6 Å². The van der Waals surface area contributed by atoms with Gasteiger partial charge in [-0.25, -0.2) is 0 Å². The second-order valence-corrected chi connectivity index (χ2v) is 4.37. The van der Waals surface area contributed by atoms with Gasteiger partial charge in [-0.2, -0.15) is 5.26 Å². The summed E-state index contributed by atoms with van der Waals surface area (Å²) in [4.78, 5) is 23.1. The Morgan fingerprint density at radius 2 is 2.06 bits per heavy atom. The number of rotatable bonds is 4. The fraction of sp³-hybridized carbons (Fsp3) is 0.727. The number of alkyl halides is 1. The third-order valence-electron chi connectivity index (χ3n) is 2.84. The summed E-state index contributed by atoms with van der Waals surface area (Å²) < 4.78 is 0. The van der Waals surface area contributed by atoms with Crippen molar-refractivity contribution in [2.75, 3.05) is 5.88 Å². The second kappa shape index (κ2) is 6.49. The Hall–Kier alpha value is -1.08. The normalized spacial score (nSPS) is 17.8. The molecule has 0 heterocycles. The molecule has 0 aromatic rings. The molecule has 1 atom stereocenters. The summed E-state index contributed by atoms with van der Waals surface area (Å²) >= 11 is 5.47. The zero-order valence-electron chi connectivity index (χ0n) is 9.04. The Bertz CT molecular complexity index is 306. The molecule has 5 heteroatoms. The molecule has 0 saturated heterocycles. The van der Waals surface area contributed by atoms with Crippen molar-refractivity contribution in [3.63, 3.8) is 0 Å². The minimum atomic E-state index is -0.817. The fourth-order valence-corrected chi connectivity index (χ4v) is 2.08. The van der Waals surface area contributed by atoms with Crippen LogP contribution in [0, 0.1) is 23.2 Å². The van der Waals surface area contributed by atoms with E-state index in [2.05, 4.69) is 5.32 Å². The lowest BCUT2D eigenvalue weighted by Crippen LogP contribution is -2.38. The highest BCUT2D eigenvalue weighted by atomic mass is 35.5. The Balaban J connectivity index is 2.43. The number of nitrogens with one attached hydrogen (secondary N) is 1. The molecule has 0 spiro atoms. The van der Waals surface area contributed by atoms with Crippen LogP contribution in [0.1, 0.15) is 32.1 Å². The monoisotopic (exact) mass is 242 g/mol. The number of hydrogen-bond donors (Lipinski definition) is 1. The molecule has 1 aliphatic rings. The first-order valence-corrected chi connectivity index (χ1v) is 6.02. The van der Waals surface area contributed by atoms with Gasteiger partial charge in [-0.3, -0.25) is 14.9 Å². The second-order valence-electron chi connectivity index (χ2n) is 3.99. The van der Waals surface area contributed by atoms with Crippen molar-refractivity contribution in [1.29, 1.82) is 5.26 Å². The van der Waals surface area contributed by atoms with Crippen LogP contribution in [0.15, 0.2) is 0 Å². The van der Waals surface area contributed by atoms with E-state index < -0.39 is 11.8 Å². The molecule has 0 aliphatic heterocycles. The molecule has 1 saturated carbocycles. The van der Waals surface area contributed by atoms with Crippen molar-refractivity contribution in [1.82, 2.24) is 5.32 Å². The molecular formula is C11H15ClN2O2. The van der Waals surface area contributed by atoms with E-state index in [0.29, 0.717) is 0 Å². The molecule has 16 heavy (non-hydrogen) atoms. The van der Waals surface area contributed by atoms with Crippen LogP contribution in [0.25, 0.3) is 0 Å². The van der Waals surface area contributed by atoms with Crippen molar-refractivity contribution in [2.45, 2.75) is 32.1 Å². The molecule has 0 aromatic carbocycles. The van der Waals surface area contributed by atoms with Crippen LogP contribution in [0.3, 0.4) is 0 Å². The van der Waals surface area contributed by atoms with Crippen molar-refractivity contribution in [3.05, 3.63) is 0 Å². The van der Waals surface area contributed by atoms with Crippen molar-refractivity contribution >= 4 is 23.4 Å². The number of nitrogens with zero attached hydrogens (tertiary/aromatic N) is 1. The summed E-state index contributed by atoms with van der Waals surface area (Å²) in [5, 5.41) is 11.0. The van der Waals surface area contributed by atoms with E-state index >= 15 is 0 Å². The first kappa shape index (κ1) is 13.0. The van der Waals surface area contributed by atoms with E-state index in [9.17, 15) is 9.59 Å². The predicted octanol–water partition coefficient (Wildman–Crippen LogP) is 1.59. The molecular weight excluding hydrogens is 228 g/mol. The summed E-state index contributed by atoms with van der Waals surface area (Å²) in [5.74, 6) is -1.39. The number of carbonyl (C=O) groups is 2. The maximum absolute atomic E-state index is 11.6. The molecule has 1 rings (SSSR count). The molecule has 1 fully saturated rings. The van der Waals surface area contributed by atoms with E-state index in [1.165, 1.54) is 0 Å². The van der Waals surface area contributed by atoms with Crippen LogP contribution in [0.2, 0.25) is 0 Å². The van der Waals surface area contributed by atoms with Gasteiger partial charge in [0.1, 0.15) is 5.92 Å². The highest BCUT2D eigenvalue weighted by molar-refractivity contribution is 6.18. The first-order valence-electron chi connectivity index (χ1n) is 5.49. The average Bonchev–Trinajstić information content (AvgIpc) is 2.78. The first-order chi connectivity index (χ1) is 7.69. The lowest BCUT2D eigenvalue weighted by Gasteiger charge is -2.11. The molecule has 88 valence electrons. The van der Waals surface area contributed by atoms with Crippen molar-refractivity contribution in [2.24, 2.45) is 11.8 Å². The van der Waals surface area contributed by atoms with Gasteiger partial charge in [-0.1, -0.05) is 12.8 Å². The third kappa shape index (κ3) is 3.49. The van der Waals surface area contributed by atoms with Gasteiger partial charge >= 0.3 is 0 Å². The highest BCUT2D eigenvalue weighted by Crippen LogP contribution is 2.24. The topological polar surface area (TPSA) is 70.0 Å². The van der Waals surface area contributed by atoms with Crippen molar-refractivity contribution < 1.29 is 9.59 Å². The maximum atomic E-state index is 11.6. The molecule has 0 radical (unpaired) electrons. The van der Waals surface area contributed by atoms with Gasteiger partial charge in [-0.15, -0.1) is 11.6 Å². The van der Waals surface area contributed by atoms with E-state index in [4.69, 9.17) is 16.9 Å². The molecule has 0 bridgehead atoms. The molecule has 4 nitrogen and oxygen atoms in total. The number of halogens is 1. The minimum absolute atomic E-state index is 0.0562. The Morgan fingerprint density at radius 1 is 1.44 bits per heavy atom. The van der Waals surface area contributed by atoms with Gasteiger partial charge in [0.05, 0.1) is 6.07 Å². The van der Waals surface area contributed by atoms with Crippen LogP contribution in [-0.4, -0.2) is 17.7 Å². The SMILES string of the molecule is N#C[C@@H](CCCl)C(=O)NC(=O)C1CCCC1. The Labute approximate surface area is 100.0 Å². The van der Waals surface area contributed by atoms with Gasteiger partial charge < -0.3 is 0 Å². The molecule has 1 aliphatic carbocycles. The van der Waals surface area contributed by atoms with Crippen LogP contribution < -0.4 is 5.32 Å². The zero-order chi connectivity index (χ0) is 12.0. The summed E-state index contributed by atoms with van der Waals surface area (Å²) in [6, 6.07) is 1.85. The quantitative estimate of drug-likeness (QED) is 0.761. The van der Waals surface area contributed by atoms with Crippen LogP contribution in [0.4, 0.5) is 0 Å². The highest BCUT2D eigenvalue weighted by Gasteiger charge is 2.26. The third-order valence-corrected chi connectivity index (χ3v) is 3.06. The van der Waals surface area contributed by atoms with Gasteiger partial charge in [0.25, 0.3) is 0 Å². The average molecular weight is 243 g/mol. The van der Waals surface area contributed by atoms with Gasteiger partial charge in [0.15, 0.2) is 0 Å². The van der Waals surface area contributed by atoms with Crippen LogP contribution in [-0.2, 0) is 9.59 Å². The standard InChI is InChI=1S/C11H15ClN2O2/c12-6-5-9(7-13)11(16)14-10(15)8-3-1-2-4-8/h8-9H,1-6H2,(H,14,15,16)/t9-/m1/s1. The largest absolute Gasteiger partial charge is 0.295 e. The van der Waals surface area contributed by atoms with Gasteiger partial charge in [0, 0.05) is 11.8 Å². The number of imide groups is 1. The van der Waals surface area contributed by atoms with E-state index in [1.807, 2.05) is 6.07 Å². The van der Waals surface area contributed by atoms with Crippen molar-refractivity contribution in [3.8, 4) is 6.07 Å². The number of nitriles is 1. The van der Waals surface area contributed by atoms with Crippen LogP contribution in [0.5, 0.6) is 0 Å². The lowest BCUT2D eigenvalue weighted by atomic mass is 10.1. The summed E-state index contributed by atoms with van der Waals surface area (Å²) in [7, 11) is 0. The molecule has 2 amide bonds. The summed E-state index contributed by atoms with van der Waals surface area (Å²) in [5.41, 5.74) is 0. The predicted molar refractivity (Wildman–Crippen MR) is 59.5 cm³/mol.